The number of hydrogen-bond acceptors (Lipinski definition) is 2. The van der Waals surface area contributed by atoms with Crippen LogP contribution in [0.1, 0.15) is 28.0 Å². The minimum atomic E-state index is -0.343. The van der Waals surface area contributed by atoms with Gasteiger partial charge >= 0.3 is 5.69 Å². The van der Waals surface area contributed by atoms with Crippen molar-refractivity contribution in [1.29, 1.82) is 0 Å². The van der Waals surface area contributed by atoms with Gasteiger partial charge < -0.3 is 14.4 Å². The summed E-state index contributed by atoms with van der Waals surface area (Å²) in [5.41, 5.74) is 3.07. The molecule has 3 rings (SSSR count). The first-order valence-corrected chi connectivity index (χ1v) is 7.31. The van der Waals surface area contributed by atoms with E-state index in [0.29, 0.717) is 0 Å². The van der Waals surface area contributed by atoms with Gasteiger partial charge in [-0.1, -0.05) is 15.9 Å². The Morgan fingerprint density at radius 3 is 2.40 bits per heavy atom. The normalized spacial score (nSPS) is 13.0. The molecular weight excluding hydrogens is 344 g/mol. The number of fused-ring (bicyclic) bond motifs is 1. The molecule has 0 bridgehead atoms. The Morgan fingerprint density at radius 2 is 1.80 bits per heavy atom. The molecule has 0 radical (unpaired) electrons. The van der Waals surface area contributed by atoms with Crippen molar-refractivity contribution >= 4 is 38.6 Å². The molecule has 4 nitrogen and oxygen atoms in total. The molecule has 1 unspecified atom stereocenters. The van der Waals surface area contributed by atoms with E-state index in [1.165, 1.54) is 0 Å². The van der Waals surface area contributed by atoms with Gasteiger partial charge in [0, 0.05) is 10.0 Å². The summed E-state index contributed by atoms with van der Waals surface area (Å²) in [5.74, 6) is 1.63. The van der Waals surface area contributed by atoms with Crippen molar-refractivity contribution in [2.45, 2.75) is 19.2 Å². The van der Waals surface area contributed by atoms with Crippen LogP contribution in [0.2, 0.25) is 0 Å². The number of rotatable bonds is 2. The average molecular weight is 356 g/mol. The third-order valence-electron chi connectivity index (χ3n) is 3.26. The van der Waals surface area contributed by atoms with E-state index in [4.69, 9.17) is 16.0 Å². The molecule has 2 N–H and O–H groups in total. The molecular formula is C14H12BrClN2O2. The van der Waals surface area contributed by atoms with E-state index in [-0.39, 0.29) is 11.1 Å². The molecule has 1 aromatic carbocycles. The summed E-state index contributed by atoms with van der Waals surface area (Å²) in [5, 5.41) is -0.343. The largest absolute Gasteiger partial charge is 0.466 e. The Bertz CT molecular complexity index is 847. The van der Waals surface area contributed by atoms with Crippen LogP contribution in [0.4, 0.5) is 0 Å². The first-order chi connectivity index (χ1) is 9.45. The lowest BCUT2D eigenvalue weighted by molar-refractivity contribution is 0.501. The molecule has 3 aromatic rings. The highest BCUT2D eigenvalue weighted by molar-refractivity contribution is 9.10. The third kappa shape index (κ3) is 2.21. The maximum Gasteiger partial charge on any atom is 0.323 e. The van der Waals surface area contributed by atoms with Crippen LogP contribution in [-0.4, -0.2) is 9.97 Å². The number of nitrogens with one attached hydrogen (secondary N) is 2. The van der Waals surface area contributed by atoms with E-state index in [0.717, 1.165) is 38.2 Å². The number of halogens is 2. The number of furan rings is 1. The molecule has 0 spiro atoms. The molecule has 0 saturated carbocycles. The molecule has 0 aliphatic rings. The lowest BCUT2D eigenvalue weighted by atomic mass is 10.0. The first-order valence-electron chi connectivity index (χ1n) is 6.08. The van der Waals surface area contributed by atoms with Crippen molar-refractivity contribution < 1.29 is 4.42 Å². The van der Waals surface area contributed by atoms with E-state index in [1.807, 2.05) is 32.0 Å². The number of imidazole rings is 1. The van der Waals surface area contributed by atoms with Gasteiger partial charge in [-0.15, -0.1) is 11.6 Å². The summed E-state index contributed by atoms with van der Waals surface area (Å²) >= 11 is 10.1. The number of aryl methyl sites for hydroxylation is 2. The summed E-state index contributed by atoms with van der Waals surface area (Å²) in [6, 6.07) is 5.65. The fraction of sp³-hybridized carbons (Fsp3) is 0.214. The monoisotopic (exact) mass is 354 g/mol. The van der Waals surface area contributed by atoms with Crippen molar-refractivity contribution in [1.82, 2.24) is 9.97 Å². The number of hydrogen-bond donors (Lipinski definition) is 2. The standard InChI is InChI=1S/C14H12BrClN2O2/c1-6-3-8(7(2)20-6)13(16)9-4-11-12(5-10(9)15)18-14(19)17-11/h3-5,13H,1-2H3,(H2,17,18,19). The lowest BCUT2D eigenvalue weighted by Crippen LogP contribution is -1.99. The zero-order valence-electron chi connectivity index (χ0n) is 10.9. The minimum absolute atomic E-state index is 0.231. The molecule has 2 heterocycles. The fourth-order valence-corrected chi connectivity index (χ4v) is 3.44. The van der Waals surface area contributed by atoms with Gasteiger partial charge in [0.1, 0.15) is 11.5 Å². The van der Waals surface area contributed by atoms with Crippen LogP contribution in [0.15, 0.2) is 31.9 Å². The highest BCUT2D eigenvalue weighted by Crippen LogP contribution is 2.37. The lowest BCUT2D eigenvalue weighted by Gasteiger charge is -2.11. The van der Waals surface area contributed by atoms with Gasteiger partial charge in [-0.05, 0) is 37.6 Å². The van der Waals surface area contributed by atoms with E-state index in [9.17, 15) is 4.79 Å². The predicted octanol–water partition coefficient (Wildman–Crippen LogP) is 4.16. The SMILES string of the molecule is Cc1cc(C(Cl)c2cc3[nH]c(=O)[nH]c3cc2Br)c(C)o1. The van der Waals surface area contributed by atoms with Crippen LogP contribution in [0.5, 0.6) is 0 Å². The molecule has 0 aliphatic heterocycles. The first kappa shape index (κ1) is 13.5. The summed E-state index contributed by atoms with van der Waals surface area (Å²) in [6.45, 7) is 3.78. The molecule has 6 heteroatoms. The fourth-order valence-electron chi connectivity index (χ4n) is 2.34. The Morgan fingerprint density at radius 1 is 1.15 bits per heavy atom. The number of aromatic amines is 2. The van der Waals surface area contributed by atoms with Crippen LogP contribution in [0.25, 0.3) is 11.0 Å². The summed E-state index contributed by atoms with van der Waals surface area (Å²) in [6.07, 6.45) is 0. The van der Waals surface area contributed by atoms with Crippen molar-refractivity contribution in [3.05, 3.63) is 55.8 Å². The second-order valence-corrected chi connectivity index (χ2v) is 6.02. The third-order valence-corrected chi connectivity index (χ3v) is 4.42. The second-order valence-electron chi connectivity index (χ2n) is 4.73. The van der Waals surface area contributed by atoms with E-state index >= 15 is 0 Å². The molecule has 0 aliphatic carbocycles. The summed E-state index contributed by atoms with van der Waals surface area (Å²) < 4.78 is 6.37. The highest BCUT2D eigenvalue weighted by atomic mass is 79.9. The highest BCUT2D eigenvalue weighted by Gasteiger charge is 2.20. The Hall–Kier alpha value is -1.46. The van der Waals surface area contributed by atoms with Gasteiger partial charge in [-0.2, -0.15) is 0 Å². The Labute approximate surface area is 128 Å². The Kier molecular flexibility index (Phi) is 3.26. The van der Waals surface area contributed by atoms with Crippen molar-refractivity contribution in [3.8, 4) is 0 Å². The van der Waals surface area contributed by atoms with Crippen LogP contribution < -0.4 is 5.69 Å². The van der Waals surface area contributed by atoms with Crippen molar-refractivity contribution in [2.75, 3.05) is 0 Å². The van der Waals surface area contributed by atoms with Crippen LogP contribution in [-0.2, 0) is 0 Å². The van der Waals surface area contributed by atoms with Gasteiger partial charge in [0.15, 0.2) is 0 Å². The van der Waals surface area contributed by atoms with Gasteiger partial charge in [0.2, 0.25) is 0 Å². The zero-order chi connectivity index (χ0) is 14.4. The predicted molar refractivity (Wildman–Crippen MR) is 82.5 cm³/mol. The minimum Gasteiger partial charge on any atom is -0.466 e. The van der Waals surface area contributed by atoms with Crippen molar-refractivity contribution in [3.63, 3.8) is 0 Å². The van der Waals surface area contributed by atoms with Crippen LogP contribution >= 0.6 is 27.5 Å². The number of H-pyrrole nitrogens is 2. The molecule has 0 fully saturated rings. The molecule has 104 valence electrons. The molecule has 20 heavy (non-hydrogen) atoms. The van der Waals surface area contributed by atoms with Gasteiger partial charge in [0.05, 0.1) is 16.4 Å². The maximum atomic E-state index is 11.3. The van der Waals surface area contributed by atoms with Crippen molar-refractivity contribution in [2.24, 2.45) is 0 Å². The van der Waals surface area contributed by atoms with E-state index < -0.39 is 0 Å². The van der Waals surface area contributed by atoms with Crippen LogP contribution in [0.3, 0.4) is 0 Å². The van der Waals surface area contributed by atoms with Gasteiger partial charge in [-0.3, -0.25) is 0 Å². The summed E-state index contributed by atoms with van der Waals surface area (Å²) in [7, 11) is 0. The van der Waals surface area contributed by atoms with Gasteiger partial charge in [0.25, 0.3) is 0 Å². The van der Waals surface area contributed by atoms with Gasteiger partial charge in [-0.25, -0.2) is 4.79 Å². The quantitative estimate of drug-likeness (QED) is 0.678. The zero-order valence-corrected chi connectivity index (χ0v) is 13.2. The topological polar surface area (TPSA) is 61.8 Å². The van der Waals surface area contributed by atoms with E-state index in [2.05, 4.69) is 25.9 Å². The Balaban J connectivity index is 2.15. The summed E-state index contributed by atoms with van der Waals surface area (Å²) in [4.78, 5) is 16.8. The van der Waals surface area contributed by atoms with E-state index in [1.54, 1.807) is 0 Å². The number of alkyl halides is 1. The number of aromatic nitrogens is 2. The van der Waals surface area contributed by atoms with Crippen LogP contribution in [0, 0.1) is 13.8 Å². The molecule has 0 amide bonds. The second kappa shape index (κ2) is 4.82. The molecule has 2 aromatic heterocycles. The smallest absolute Gasteiger partial charge is 0.323 e. The molecule has 0 saturated heterocycles. The maximum absolute atomic E-state index is 11.3. The number of benzene rings is 1. The average Bonchev–Trinajstić information content (AvgIpc) is 2.88. The molecule has 1 atom stereocenters.